The topological polar surface area (TPSA) is 32.3 Å². The fourth-order valence-corrected chi connectivity index (χ4v) is 1.46. The van der Waals surface area contributed by atoms with Crippen LogP contribution in [-0.4, -0.2) is 23.8 Å². The molecule has 0 amide bonds. The monoisotopic (exact) mass is 149 g/mol. The zero-order valence-electron chi connectivity index (χ0n) is 5.31. The second-order valence-corrected chi connectivity index (χ2v) is 3.02. The van der Waals surface area contributed by atoms with Crippen LogP contribution in [0.25, 0.3) is 0 Å². The van der Waals surface area contributed by atoms with Gasteiger partial charge in [0.15, 0.2) is 0 Å². The molecule has 1 fully saturated rings. The standard InChI is InChI=1S/C6H12ClNO/c7-6-3-5(4-9)1-2-8-6/h5-6,8-9H,1-4H2. The Hall–Kier alpha value is 0.210. The van der Waals surface area contributed by atoms with Crippen molar-refractivity contribution in [3.8, 4) is 0 Å². The van der Waals surface area contributed by atoms with Crippen LogP contribution in [0, 0.1) is 5.92 Å². The molecule has 0 saturated carbocycles. The van der Waals surface area contributed by atoms with Gasteiger partial charge in [-0.15, -0.1) is 11.6 Å². The minimum absolute atomic E-state index is 0.0795. The lowest BCUT2D eigenvalue weighted by Crippen LogP contribution is -2.35. The minimum atomic E-state index is 0.0795. The van der Waals surface area contributed by atoms with Crippen LogP contribution in [0.15, 0.2) is 0 Å². The zero-order valence-corrected chi connectivity index (χ0v) is 6.06. The van der Waals surface area contributed by atoms with Gasteiger partial charge in [-0.05, 0) is 25.3 Å². The van der Waals surface area contributed by atoms with Crippen molar-refractivity contribution >= 4 is 11.6 Å². The van der Waals surface area contributed by atoms with Crippen LogP contribution in [0.3, 0.4) is 0 Å². The van der Waals surface area contributed by atoms with Gasteiger partial charge in [-0.25, -0.2) is 0 Å². The number of halogens is 1. The summed E-state index contributed by atoms with van der Waals surface area (Å²) >= 11 is 5.77. The minimum Gasteiger partial charge on any atom is -0.396 e. The maximum absolute atomic E-state index is 8.72. The Morgan fingerprint density at radius 2 is 2.44 bits per heavy atom. The predicted octanol–water partition coefficient (Wildman–Crippen LogP) is 0.543. The van der Waals surface area contributed by atoms with Gasteiger partial charge >= 0.3 is 0 Å². The molecule has 1 heterocycles. The Balaban J connectivity index is 2.23. The van der Waals surface area contributed by atoms with Crippen molar-refractivity contribution in [3.05, 3.63) is 0 Å². The van der Waals surface area contributed by atoms with E-state index in [2.05, 4.69) is 5.32 Å². The Kier molecular flexibility index (Phi) is 2.76. The van der Waals surface area contributed by atoms with Crippen molar-refractivity contribution in [3.63, 3.8) is 0 Å². The number of alkyl halides is 1. The average Bonchev–Trinajstić information content (AvgIpc) is 1.88. The normalized spacial score (nSPS) is 36.7. The summed E-state index contributed by atoms with van der Waals surface area (Å²) in [6.07, 6.45) is 1.96. The second kappa shape index (κ2) is 3.40. The van der Waals surface area contributed by atoms with Crippen LogP contribution in [0.1, 0.15) is 12.8 Å². The molecule has 0 aromatic rings. The van der Waals surface area contributed by atoms with Gasteiger partial charge in [0, 0.05) is 6.61 Å². The molecular formula is C6H12ClNO. The average molecular weight is 150 g/mol. The third-order valence-corrected chi connectivity index (χ3v) is 2.05. The molecule has 2 unspecified atom stereocenters. The summed E-state index contributed by atoms with van der Waals surface area (Å²) in [4.78, 5) is 0. The molecule has 0 aromatic heterocycles. The summed E-state index contributed by atoms with van der Waals surface area (Å²) in [6, 6.07) is 0. The molecule has 0 bridgehead atoms. The first-order valence-corrected chi connectivity index (χ1v) is 3.75. The number of aliphatic hydroxyl groups is 1. The lowest BCUT2D eigenvalue weighted by atomic mass is 9.99. The van der Waals surface area contributed by atoms with Crippen LogP contribution >= 0.6 is 11.6 Å². The highest BCUT2D eigenvalue weighted by atomic mass is 35.5. The summed E-state index contributed by atoms with van der Waals surface area (Å²) in [5.41, 5.74) is 0.0795. The van der Waals surface area contributed by atoms with Crippen molar-refractivity contribution < 1.29 is 5.11 Å². The molecule has 2 N–H and O–H groups in total. The van der Waals surface area contributed by atoms with E-state index in [-0.39, 0.29) is 12.1 Å². The number of hydrogen-bond acceptors (Lipinski definition) is 2. The first kappa shape index (κ1) is 7.32. The molecule has 1 rings (SSSR count). The summed E-state index contributed by atoms with van der Waals surface area (Å²) in [7, 11) is 0. The van der Waals surface area contributed by atoms with E-state index in [1.165, 1.54) is 0 Å². The van der Waals surface area contributed by atoms with Gasteiger partial charge in [0.05, 0.1) is 5.50 Å². The zero-order chi connectivity index (χ0) is 6.69. The third kappa shape index (κ3) is 2.12. The van der Waals surface area contributed by atoms with Gasteiger partial charge in [-0.2, -0.15) is 0 Å². The third-order valence-electron chi connectivity index (χ3n) is 1.72. The van der Waals surface area contributed by atoms with Gasteiger partial charge in [0.1, 0.15) is 0 Å². The van der Waals surface area contributed by atoms with Crippen molar-refractivity contribution in [2.24, 2.45) is 5.92 Å². The summed E-state index contributed by atoms with van der Waals surface area (Å²) in [5, 5.41) is 11.8. The second-order valence-electron chi connectivity index (χ2n) is 2.49. The molecule has 1 aliphatic heterocycles. The van der Waals surface area contributed by atoms with Crippen LogP contribution in [0.2, 0.25) is 0 Å². The van der Waals surface area contributed by atoms with Crippen LogP contribution in [0.4, 0.5) is 0 Å². The number of piperidine rings is 1. The van der Waals surface area contributed by atoms with E-state index in [0.717, 1.165) is 19.4 Å². The van der Waals surface area contributed by atoms with Gasteiger partial charge in [-0.1, -0.05) is 0 Å². The highest BCUT2D eigenvalue weighted by Gasteiger charge is 2.17. The van der Waals surface area contributed by atoms with E-state index in [1.807, 2.05) is 0 Å². The molecule has 1 aliphatic rings. The Bertz CT molecular complexity index is 89.1. The molecule has 54 valence electrons. The Morgan fingerprint density at radius 3 is 2.89 bits per heavy atom. The molecule has 0 aliphatic carbocycles. The number of rotatable bonds is 1. The largest absolute Gasteiger partial charge is 0.396 e. The fourth-order valence-electron chi connectivity index (χ4n) is 1.10. The first-order chi connectivity index (χ1) is 4.33. The van der Waals surface area contributed by atoms with E-state index < -0.39 is 0 Å². The molecule has 9 heavy (non-hydrogen) atoms. The molecule has 2 atom stereocenters. The highest BCUT2D eigenvalue weighted by molar-refractivity contribution is 6.20. The summed E-state index contributed by atoms with van der Waals surface area (Å²) < 4.78 is 0. The molecular weight excluding hydrogens is 138 g/mol. The number of aliphatic hydroxyl groups excluding tert-OH is 1. The SMILES string of the molecule is OCC1CCNC(Cl)C1. The Labute approximate surface area is 60.2 Å². The van der Waals surface area contributed by atoms with E-state index in [4.69, 9.17) is 16.7 Å². The van der Waals surface area contributed by atoms with E-state index in [1.54, 1.807) is 0 Å². The summed E-state index contributed by atoms with van der Waals surface area (Å²) in [6.45, 7) is 1.23. The lowest BCUT2D eigenvalue weighted by molar-refractivity contribution is 0.190. The smallest absolute Gasteiger partial charge is 0.0828 e. The lowest BCUT2D eigenvalue weighted by Gasteiger charge is -2.24. The summed E-state index contributed by atoms with van der Waals surface area (Å²) in [5.74, 6) is 0.425. The molecule has 1 saturated heterocycles. The van der Waals surface area contributed by atoms with Crippen molar-refractivity contribution in [1.82, 2.24) is 5.32 Å². The Morgan fingerprint density at radius 1 is 1.67 bits per heavy atom. The van der Waals surface area contributed by atoms with E-state index >= 15 is 0 Å². The number of nitrogens with one attached hydrogen (secondary N) is 1. The molecule has 2 nitrogen and oxygen atoms in total. The van der Waals surface area contributed by atoms with Crippen molar-refractivity contribution in [2.75, 3.05) is 13.2 Å². The molecule has 3 heteroatoms. The van der Waals surface area contributed by atoms with Crippen molar-refractivity contribution in [2.45, 2.75) is 18.3 Å². The predicted molar refractivity (Wildman–Crippen MR) is 37.5 cm³/mol. The molecule has 0 aromatic carbocycles. The van der Waals surface area contributed by atoms with Gasteiger partial charge in [0.25, 0.3) is 0 Å². The maximum Gasteiger partial charge on any atom is 0.0828 e. The van der Waals surface area contributed by atoms with E-state index in [0.29, 0.717) is 5.92 Å². The fraction of sp³-hybridized carbons (Fsp3) is 1.00. The van der Waals surface area contributed by atoms with Crippen LogP contribution in [0.5, 0.6) is 0 Å². The molecule has 0 spiro atoms. The van der Waals surface area contributed by atoms with E-state index in [9.17, 15) is 0 Å². The van der Waals surface area contributed by atoms with Gasteiger partial charge < -0.3 is 10.4 Å². The van der Waals surface area contributed by atoms with Crippen molar-refractivity contribution in [1.29, 1.82) is 0 Å². The first-order valence-electron chi connectivity index (χ1n) is 3.31. The quantitative estimate of drug-likeness (QED) is 0.422. The van der Waals surface area contributed by atoms with Gasteiger partial charge in [0.2, 0.25) is 0 Å². The van der Waals surface area contributed by atoms with Crippen LogP contribution in [-0.2, 0) is 0 Å². The highest BCUT2D eigenvalue weighted by Crippen LogP contribution is 2.16. The van der Waals surface area contributed by atoms with Gasteiger partial charge in [-0.3, -0.25) is 0 Å². The van der Waals surface area contributed by atoms with Crippen LogP contribution < -0.4 is 5.32 Å². The molecule has 0 radical (unpaired) electrons. The maximum atomic E-state index is 8.72. The number of hydrogen-bond donors (Lipinski definition) is 2.